The lowest BCUT2D eigenvalue weighted by Gasteiger charge is -2.39. The first kappa shape index (κ1) is 19.6. The lowest BCUT2D eigenvalue weighted by Crippen LogP contribution is -2.55. The summed E-state index contributed by atoms with van der Waals surface area (Å²) in [7, 11) is 1.93. The van der Waals surface area contributed by atoms with Gasteiger partial charge in [0, 0.05) is 52.4 Å². The van der Waals surface area contributed by atoms with Gasteiger partial charge in [-0.2, -0.15) is 5.10 Å². The van der Waals surface area contributed by atoms with Crippen LogP contribution in [0.5, 0.6) is 0 Å². The van der Waals surface area contributed by atoms with Crippen molar-refractivity contribution in [3.8, 4) is 0 Å². The molecule has 1 aromatic rings. The smallest absolute Gasteiger partial charge is 0.267 e. The highest BCUT2D eigenvalue weighted by Gasteiger charge is 2.32. The van der Waals surface area contributed by atoms with Gasteiger partial charge in [-0.05, 0) is 50.5 Å². The molecule has 2 fully saturated rings. The molecule has 0 saturated carbocycles. The summed E-state index contributed by atoms with van der Waals surface area (Å²) in [4.78, 5) is 31.6. The largest absolute Gasteiger partial charge is 0.344 e. The molecule has 0 aromatic carbocycles. The predicted molar refractivity (Wildman–Crippen MR) is 108 cm³/mol. The van der Waals surface area contributed by atoms with Crippen molar-refractivity contribution in [3.05, 3.63) is 27.7 Å². The third-order valence-corrected chi connectivity index (χ3v) is 6.63. The molecule has 154 valence electrons. The van der Waals surface area contributed by atoms with Gasteiger partial charge in [0.05, 0.1) is 18.3 Å². The van der Waals surface area contributed by atoms with Crippen LogP contribution in [0.25, 0.3) is 0 Å². The van der Waals surface area contributed by atoms with E-state index in [9.17, 15) is 9.59 Å². The third-order valence-electron chi connectivity index (χ3n) is 6.63. The van der Waals surface area contributed by atoms with Crippen LogP contribution >= 0.6 is 0 Å². The van der Waals surface area contributed by atoms with Crippen molar-refractivity contribution in [2.45, 2.75) is 57.5 Å². The van der Waals surface area contributed by atoms with Crippen molar-refractivity contribution in [2.24, 2.45) is 0 Å². The molecule has 1 aliphatic carbocycles. The molecule has 0 radical (unpaired) electrons. The zero-order valence-electron chi connectivity index (χ0n) is 17.1. The highest BCUT2D eigenvalue weighted by Crippen LogP contribution is 2.19. The molecule has 2 saturated heterocycles. The summed E-state index contributed by atoms with van der Waals surface area (Å²) in [5, 5.41) is 4.63. The standard InChI is InChI=1S/C21H33N5O2/c1-23-9-5-4-8-19(21(23)28)25-13-10-24(11-14-25)12-15-26-20(27)16-17-6-2-3-7-18(17)22-26/h16,19H,2-15H2,1H3. The maximum atomic E-state index is 12.6. The Morgan fingerprint density at radius 1 is 0.964 bits per heavy atom. The number of hydrogen-bond acceptors (Lipinski definition) is 5. The molecule has 0 spiro atoms. The van der Waals surface area contributed by atoms with E-state index in [4.69, 9.17) is 0 Å². The number of hydrogen-bond donors (Lipinski definition) is 0. The highest BCUT2D eigenvalue weighted by molar-refractivity contribution is 5.81. The van der Waals surface area contributed by atoms with E-state index in [1.54, 1.807) is 10.7 Å². The van der Waals surface area contributed by atoms with Crippen molar-refractivity contribution in [1.82, 2.24) is 24.5 Å². The highest BCUT2D eigenvalue weighted by atomic mass is 16.2. The maximum absolute atomic E-state index is 12.6. The molecule has 1 amide bonds. The Kier molecular flexibility index (Phi) is 6.11. The molecule has 7 heteroatoms. The molecule has 3 heterocycles. The molecular formula is C21H33N5O2. The molecule has 0 bridgehead atoms. The Morgan fingerprint density at radius 3 is 2.57 bits per heavy atom. The van der Waals surface area contributed by atoms with Gasteiger partial charge in [0.2, 0.25) is 5.91 Å². The van der Waals surface area contributed by atoms with Crippen LogP contribution in [0.3, 0.4) is 0 Å². The fourth-order valence-corrected chi connectivity index (χ4v) is 4.81. The van der Waals surface area contributed by atoms with Gasteiger partial charge in [0.15, 0.2) is 0 Å². The minimum atomic E-state index is 0.0337. The lowest BCUT2D eigenvalue weighted by molar-refractivity contribution is -0.135. The second-order valence-corrected chi connectivity index (χ2v) is 8.53. The van der Waals surface area contributed by atoms with Crippen molar-refractivity contribution in [1.29, 1.82) is 0 Å². The van der Waals surface area contributed by atoms with Gasteiger partial charge in [-0.15, -0.1) is 0 Å². The summed E-state index contributed by atoms with van der Waals surface area (Å²) in [5.74, 6) is 0.288. The number of likely N-dealkylation sites (tertiary alicyclic amines) is 1. The Bertz CT molecular complexity index is 754. The van der Waals surface area contributed by atoms with Crippen LogP contribution in [0, 0.1) is 0 Å². The molecule has 28 heavy (non-hydrogen) atoms. The first-order valence-corrected chi connectivity index (χ1v) is 10.9. The van der Waals surface area contributed by atoms with Crippen LogP contribution in [0.2, 0.25) is 0 Å². The molecule has 1 atom stereocenters. The molecule has 0 N–H and O–H groups in total. The van der Waals surface area contributed by atoms with Crippen LogP contribution in [0.4, 0.5) is 0 Å². The van der Waals surface area contributed by atoms with Crippen LogP contribution < -0.4 is 5.56 Å². The number of piperazine rings is 1. The predicted octanol–water partition coefficient (Wildman–Crippen LogP) is 0.751. The van der Waals surface area contributed by atoms with E-state index in [1.165, 1.54) is 12.8 Å². The third kappa shape index (κ3) is 4.30. The van der Waals surface area contributed by atoms with E-state index in [0.29, 0.717) is 6.54 Å². The fraction of sp³-hybridized carbons (Fsp3) is 0.762. The van der Waals surface area contributed by atoms with Gasteiger partial charge in [0.1, 0.15) is 0 Å². The number of carbonyl (C=O) groups is 1. The normalized spacial score (nSPS) is 24.8. The second kappa shape index (κ2) is 8.74. The van der Waals surface area contributed by atoms with Gasteiger partial charge in [-0.1, -0.05) is 0 Å². The lowest BCUT2D eigenvalue weighted by atomic mass is 9.97. The van der Waals surface area contributed by atoms with Gasteiger partial charge >= 0.3 is 0 Å². The number of carbonyl (C=O) groups excluding carboxylic acids is 1. The number of aromatic nitrogens is 2. The first-order chi connectivity index (χ1) is 13.6. The minimum Gasteiger partial charge on any atom is -0.344 e. The quantitative estimate of drug-likeness (QED) is 0.763. The molecule has 1 aromatic heterocycles. The van der Waals surface area contributed by atoms with Crippen molar-refractivity contribution in [2.75, 3.05) is 46.3 Å². The Morgan fingerprint density at radius 2 is 1.75 bits per heavy atom. The summed E-state index contributed by atoms with van der Waals surface area (Å²) >= 11 is 0. The fourth-order valence-electron chi connectivity index (χ4n) is 4.81. The average Bonchev–Trinajstić information content (AvgIpc) is 2.88. The number of likely N-dealkylation sites (N-methyl/N-ethyl adjacent to an activating group) is 1. The summed E-state index contributed by atoms with van der Waals surface area (Å²) in [6.45, 7) is 6.14. The van der Waals surface area contributed by atoms with Gasteiger partial charge in [-0.25, -0.2) is 4.68 Å². The number of amides is 1. The Balaban J connectivity index is 1.30. The van der Waals surface area contributed by atoms with E-state index in [1.807, 2.05) is 11.9 Å². The minimum absolute atomic E-state index is 0.0337. The van der Waals surface area contributed by atoms with Crippen molar-refractivity contribution >= 4 is 5.91 Å². The Labute approximate surface area is 167 Å². The van der Waals surface area contributed by atoms with Crippen LogP contribution in [-0.2, 0) is 24.2 Å². The van der Waals surface area contributed by atoms with E-state index in [0.717, 1.165) is 82.6 Å². The number of fused-ring (bicyclic) bond motifs is 1. The first-order valence-electron chi connectivity index (χ1n) is 10.9. The Hall–Kier alpha value is -1.73. The van der Waals surface area contributed by atoms with Crippen LogP contribution in [0.1, 0.15) is 43.4 Å². The maximum Gasteiger partial charge on any atom is 0.267 e. The van der Waals surface area contributed by atoms with Gasteiger partial charge in [-0.3, -0.25) is 19.4 Å². The van der Waals surface area contributed by atoms with Crippen LogP contribution in [-0.4, -0.2) is 82.7 Å². The van der Waals surface area contributed by atoms with Gasteiger partial charge < -0.3 is 4.90 Å². The molecule has 2 aliphatic heterocycles. The van der Waals surface area contributed by atoms with E-state index in [-0.39, 0.29) is 17.5 Å². The van der Waals surface area contributed by atoms with Crippen molar-refractivity contribution in [3.63, 3.8) is 0 Å². The summed E-state index contributed by atoms with van der Waals surface area (Å²) in [5.41, 5.74) is 2.30. The summed E-state index contributed by atoms with van der Waals surface area (Å²) in [6, 6.07) is 1.85. The van der Waals surface area contributed by atoms with E-state index >= 15 is 0 Å². The number of rotatable bonds is 4. The van der Waals surface area contributed by atoms with Crippen LogP contribution in [0.15, 0.2) is 10.9 Å². The molecular weight excluding hydrogens is 354 g/mol. The summed E-state index contributed by atoms with van der Waals surface area (Å²) in [6.07, 6.45) is 7.57. The monoisotopic (exact) mass is 387 g/mol. The van der Waals surface area contributed by atoms with Crippen molar-refractivity contribution < 1.29 is 4.79 Å². The van der Waals surface area contributed by atoms with E-state index in [2.05, 4.69) is 14.9 Å². The topological polar surface area (TPSA) is 61.7 Å². The van der Waals surface area contributed by atoms with Gasteiger partial charge in [0.25, 0.3) is 5.56 Å². The second-order valence-electron chi connectivity index (χ2n) is 8.53. The summed E-state index contributed by atoms with van der Waals surface area (Å²) < 4.78 is 1.65. The SMILES string of the molecule is CN1CCCCC(N2CCN(CCn3nc4c(cc3=O)CCCC4)CC2)C1=O. The van der Waals surface area contributed by atoms with E-state index < -0.39 is 0 Å². The zero-order chi connectivity index (χ0) is 19.5. The zero-order valence-corrected chi connectivity index (χ0v) is 17.1. The molecule has 3 aliphatic rings. The molecule has 4 rings (SSSR count). The number of aryl methyl sites for hydroxylation is 2. The number of nitrogens with zero attached hydrogens (tertiary/aromatic N) is 5. The molecule has 1 unspecified atom stereocenters. The average molecular weight is 388 g/mol. The molecule has 7 nitrogen and oxygen atoms in total.